The summed E-state index contributed by atoms with van der Waals surface area (Å²) in [5.74, 6) is -0.907. The van der Waals surface area contributed by atoms with Crippen molar-refractivity contribution in [3.05, 3.63) is 34.9 Å². The Bertz CT molecular complexity index is 709. The van der Waals surface area contributed by atoms with Crippen LogP contribution < -0.4 is 16.0 Å². The molecule has 1 aliphatic heterocycles. The molecule has 3 amide bonds. The minimum Gasteiger partial charge on any atom is -0.395 e. The van der Waals surface area contributed by atoms with E-state index in [4.69, 9.17) is 10.2 Å². The number of rotatable bonds is 11. The highest BCUT2D eigenvalue weighted by molar-refractivity contribution is 6.04. The van der Waals surface area contributed by atoms with Gasteiger partial charge in [-0.05, 0) is 63.0 Å². The van der Waals surface area contributed by atoms with Gasteiger partial charge in [0.25, 0.3) is 17.7 Å². The SMILES string of the molecule is CCCN1CCC(CNC(=O)c2cc(C(=O)NCCO)cc(C(=O)NCCO)c2)CC1. The summed E-state index contributed by atoms with van der Waals surface area (Å²) in [6, 6.07) is 4.27. The van der Waals surface area contributed by atoms with E-state index >= 15 is 0 Å². The van der Waals surface area contributed by atoms with Crippen molar-refractivity contribution in [1.82, 2.24) is 20.9 Å². The second-order valence-electron chi connectivity index (χ2n) is 7.75. The van der Waals surface area contributed by atoms with Crippen LogP contribution in [0.1, 0.15) is 57.3 Å². The van der Waals surface area contributed by atoms with Crippen LogP contribution in [0.25, 0.3) is 0 Å². The molecule has 2 rings (SSSR count). The molecule has 172 valence electrons. The molecule has 1 aromatic carbocycles. The van der Waals surface area contributed by atoms with Crippen LogP contribution in [0.15, 0.2) is 18.2 Å². The van der Waals surface area contributed by atoms with Crippen LogP contribution >= 0.6 is 0 Å². The molecule has 1 saturated heterocycles. The minimum atomic E-state index is -0.483. The van der Waals surface area contributed by atoms with Gasteiger partial charge in [0.15, 0.2) is 0 Å². The molecule has 31 heavy (non-hydrogen) atoms. The van der Waals surface area contributed by atoms with Crippen molar-refractivity contribution in [3.63, 3.8) is 0 Å². The zero-order valence-corrected chi connectivity index (χ0v) is 18.2. The summed E-state index contributed by atoms with van der Waals surface area (Å²) >= 11 is 0. The summed E-state index contributed by atoms with van der Waals surface area (Å²) in [5, 5.41) is 25.8. The molecule has 1 heterocycles. The number of piperidine rings is 1. The first-order valence-corrected chi connectivity index (χ1v) is 10.9. The average Bonchev–Trinajstić information content (AvgIpc) is 2.80. The van der Waals surface area contributed by atoms with E-state index in [1.54, 1.807) is 0 Å². The lowest BCUT2D eigenvalue weighted by atomic mass is 9.96. The van der Waals surface area contributed by atoms with Crippen LogP contribution in [0, 0.1) is 5.92 Å². The Kier molecular flexibility index (Phi) is 10.4. The Morgan fingerprint density at radius 1 is 0.871 bits per heavy atom. The first-order chi connectivity index (χ1) is 15.0. The normalized spacial score (nSPS) is 14.8. The number of aliphatic hydroxyl groups is 2. The largest absolute Gasteiger partial charge is 0.395 e. The average molecular weight is 435 g/mol. The van der Waals surface area contributed by atoms with Gasteiger partial charge in [-0.2, -0.15) is 0 Å². The van der Waals surface area contributed by atoms with Gasteiger partial charge in [-0.1, -0.05) is 6.92 Å². The van der Waals surface area contributed by atoms with Gasteiger partial charge in [-0.3, -0.25) is 14.4 Å². The smallest absolute Gasteiger partial charge is 0.251 e. The van der Waals surface area contributed by atoms with Crippen LogP contribution in [0.5, 0.6) is 0 Å². The predicted molar refractivity (Wildman–Crippen MR) is 117 cm³/mol. The van der Waals surface area contributed by atoms with Crippen molar-refractivity contribution < 1.29 is 24.6 Å². The number of benzene rings is 1. The minimum absolute atomic E-state index is 0.0675. The number of likely N-dealkylation sites (tertiary alicyclic amines) is 1. The maximum absolute atomic E-state index is 12.8. The number of aliphatic hydroxyl groups excluding tert-OH is 2. The molecule has 0 spiro atoms. The number of hydrogen-bond acceptors (Lipinski definition) is 6. The number of amides is 3. The highest BCUT2D eigenvalue weighted by Gasteiger charge is 2.20. The highest BCUT2D eigenvalue weighted by atomic mass is 16.3. The number of nitrogens with one attached hydrogen (secondary N) is 3. The molecule has 1 aliphatic rings. The molecule has 1 fully saturated rings. The molecule has 0 aliphatic carbocycles. The predicted octanol–water partition coefficient (Wildman–Crippen LogP) is -0.0174. The lowest BCUT2D eigenvalue weighted by molar-refractivity contribution is 0.0936. The van der Waals surface area contributed by atoms with Gasteiger partial charge in [-0.25, -0.2) is 0 Å². The summed E-state index contributed by atoms with van der Waals surface area (Å²) in [4.78, 5) is 39.9. The van der Waals surface area contributed by atoms with Gasteiger partial charge < -0.3 is 31.1 Å². The summed E-state index contributed by atoms with van der Waals surface area (Å²) in [6.07, 6.45) is 3.19. The fourth-order valence-corrected chi connectivity index (χ4v) is 3.63. The van der Waals surface area contributed by atoms with Gasteiger partial charge >= 0.3 is 0 Å². The fraction of sp³-hybridized carbons (Fsp3) is 0.591. The van der Waals surface area contributed by atoms with Crippen LogP contribution in [-0.4, -0.2) is 85.3 Å². The zero-order chi connectivity index (χ0) is 22.6. The molecule has 1 aromatic rings. The van der Waals surface area contributed by atoms with E-state index in [1.165, 1.54) is 18.2 Å². The summed E-state index contributed by atoms with van der Waals surface area (Å²) in [6.45, 7) is 5.59. The Hall–Kier alpha value is -2.49. The van der Waals surface area contributed by atoms with E-state index in [1.807, 2.05) is 0 Å². The van der Waals surface area contributed by atoms with E-state index in [2.05, 4.69) is 27.8 Å². The topological polar surface area (TPSA) is 131 Å². The van der Waals surface area contributed by atoms with Crippen LogP contribution in [0.2, 0.25) is 0 Å². The summed E-state index contributed by atoms with van der Waals surface area (Å²) < 4.78 is 0. The van der Waals surface area contributed by atoms with Crippen molar-refractivity contribution in [2.24, 2.45) is 5.92 Å². The quantitative estimate of drug-likeness (QED) is 0.333. The van der Waals surface area contributed by atoms with Crippen molar-refractivity contribution in [3.8, 4) is 0 Å². The molecule has 0 saturated carbocycles. The Morgan fingerprint density at radius 2 is 1.32 bits per heavy atom. The van der Waals surface area contributed by atoms with Crippen LogP contribution in [0.3, 0.4) is 0 Å². The van der Waals surface area contributed by atoms with E-state index in [-0.39, 0.29) is 48.9 Å². The second kappa shape index (κ2) is 13.0. The van der Waals surface area contributed by atoms with Gasteiger partial charge in [0.05, 0.1) is 13.2 Å². The van der Waals surface area contributed by atoms with Gasteiger partial charge in [0.2, 0.25) is 0 Å². The van der Waals surface area contributed by atoms with E-state index in [9.17, 15) is 14.4 Å². The molecule has 0 atom stereocenters. The van der Waals surface area contributed by atoms with Gasteiger partial charge in [0.1, 0.15) is 0 Å². The molecule has 0 bridgehead atoms. The van der Waals surface area contributed by atoms with Crippen molar-refractivity contribution in [2.75, 3.05) is 52.5 Å². The maximum atomic E-state index is 12.8. The molecule has 9 heteroatoms. The van der Waals surface area contributed by atoms with Crippen molar-refractivity contribution in [2.45, 2.75) is 26.2 Å². The Morgan fingerprint density at radius 3 is 1.74 bits per heavy atom. The lowest BCUT2D eigenvalue weighted by Crippen LogP contribution is -2.39. The molecular weight excluding hydrogens is 400 g/mol. The van der Waals surface area contributed by atoms with E-state index in [0.29, 0.717) is 12.5 Å². The monoisotopic (exact) mass is 434 g/mol. The molecule has 5 N–H and O–H groups in total. The standard InChI is InChI=1S/C22H34N4O5/c1-2-7-26-8-3-16(4-9-26)15-25-22(31)19-13-17(20(29)23-5-10-27)12-18(14-19)21(30)24-6-11-28/h12-14,16,27-28H,2-11,15H2,1H3,(H,23,29)(H,24,30)(H,25,31). The third-order valence-electron chi connectivity index (χ3n) is 5.31. The zero-order valence-electron chi connectivity index (χ0n) is 18.2. The third kappa shape index (κ3) is 7.93. The maximum Gasteiger partial charge on any atom is 0.251 e. The van der Waals surface area contributed by atoms with Crippen LogP contribution in [0.4, 0.5) is 0 Å². The fourth-order valence-electron chi connectivity index (χ4n) is 3.63. The van der Waals surface area contributed by atoms with Crippen molar-refractivity contribution in [1.29, 1.82) is 0 Å². The summed E-state index contributed by atoms with van der Waals surface area (Å²) in [7, 11) is 0. The van der Waals surface area contributed by atoms with Gasteiger partial charge in [0, 0.05) is 36.3 Å². The number of carbonyl (C=O) groups excluding carboxylic acids is 3. The first-order valence-electron chi connectivity index (χ1n) is 10.9. The number of carbonyl (C=O) groups is 3. The molecule has 0 aromatic heterocycles. The summed E-state index contributed by atoms with van der Waals surface area (Å²) in [5.41, 5.74) is 0.528. The molecular formula is C22H34N4O5. The Balaban J connectivity index is 2.07. The molecule has 0 radical (unpaired) electrons. The molecule has 9 nitrogen and oxygen atoms in total. The number of hydrogen-bond donors (Lipinski definition) is 5. The Labute approximate surface area is 183 Å². The number of nitrogens with zero attached hydrogens (tertiary/aromatic N) is 1. The van der Waals surface area contributed by atoms with Crippen molar-refractivity contribution >= 4 is 17.7 Å². The lowest BCUT2D eigenvalue weighted by Gasteiger charge is -2.31. The van der Waals surface area contributed by atoms with E-state index in [0.717, 1.165) is 38.9 Å². The second-order valence-corrected chi connectivity index (χ2v) is 7.75. The first kappa shape index (κ1) is 24.8. The van der Waals surface area contributed by atoms with Crippen LogP contribution in [-0.2, 0) is 0 Å². The van der Waals surface area contributed by atoms with E-state index < -0.39 is 11.8 Å². The molecule has 0 unspecified atom stereocenters. The highest BCUT2D eigenvalue weighted by Crippen LogP contribution is 2.17. The van der Waals surface area contributed by atoms with Gasteiger partial charge in [-0.15, -0.1) is 0 Å². The third-order valence-corrected chi connectivity index (χ3v) is 5.31.